The molecule has 2 aromatic carbocycles. The molecule has 0 radical (unpaired) electrons. The molecule has 0 aliphatic rings. The van der Waals surface area contributed by atoms with Crippen LogP contribution in [0.2, 0.25) is 0 Å². The zero-order chi connectivity index (χ0) is 17.2. The van der Waals surface area contributed by atoms with Crippen LogP contribution in [-0.2, 0) is 55.9 Å². The molecule has 0 spiro atoms. The first-order valence-corrected chi connectivity index (χ1v) is 9.53. The summed E-state index contributed by atoms with van der Waals surface area (Å²) in [5, 5.41) is 0. The zero-order valence-corrected chi connectivity index (χ0v) is 17.8. The minimum absolute atomic E-state index is 0. The molecule has 0 N–H and O–H groups in total. The van der Waals surface area contributed by atoms with Crippen LogP contribution in [0, 0.1) is 0 Å². The molecule has 0 aromatic heterocycles. The minimum atomic E-state index is 0. The Morgan fingerprint density at radius 2 is 0.708 bits per heavy atom. The smallest absolute Gasteiger partial charge is 0 e. The third kappa shape index (κ3) is 5.30. The van der Waals surface area contributed by atoms with Gasteiger partial charge in [0.1, 0.15) is 0 Å². The third-order valence-electron chi connectivity index (χ3n) is 4.86. The van der Waals surface area contributed by atoms with Crippen molar-refractivity contribution in [1.82, 2.24) is 0 Å². The van der Waals surface area contributed by atoms with E-state index in [1.54, 1.807) is 33.4 Å². The van der Waals surface area contributed by atoms with Crippen molar-refractivity contribution in [2.24, 2.45) is 0 Å². The van der Waals surface area contributed by atoms with Gasteiger partial charge in [-0.25, -0.2) is 12.1 Å². The standard InChI is InChI=1S/C18H30.C5H5.Cr/c1-7-13-14(8-2)16(10-4)18(12-6)17(11-5)15(13)9-3;1-2-4-5-3-1;/h7-12H2,1-6H3;1-5H;/q;-1;. The van der Waals surface area contributed by atoms with E-state index in [0.29, 0.717) is 0 Å². The Morgan fingerprint density at radius 1 is 0.500 bits per heavy atom. The van der Waals surface area contributed by atoms with Gasteiger partial charge in [-0.15, -0.1) is 0 Å². The molecule has 2 rings (SSSR count). The van der Waals surface area contributed by atoms with Gasteiger partial charge in [-0.3, -0.25) is 0 Å². The first-order chi connectivity index (χ1) is 11.2. The van der Waals surface area contributed by atoms with E-state index in [9.17, 15) is 0 Å². The van der Waals surface area contributed by atoms with Crippen LogP contribution in [0.25, 0.3) is 0 Å². The van der Waals surface area contributed by atoms with E-state index in [4.69, 9.17) is 0 Å². The van der Waals surface area contributed by atoms with E-state index >= 15 is 0 Å². The molecule has 0 heterocycles. The average Bonchev–Trinajstić information content (AvgIpc) is 3.18. The third-order valence-corrected chi connectivity index (χ3v) is 4.86. The Balaban J connectivity index is 0.000000751. The summed E-state index contributed by atoms with van der Waals surface area (Å²) in [6, 6.07) is 10.0. The van der Waals surface area contributed by atoms with Crippen LogP contribution in [-0.4, -0.2) is 0 Å². The summed E-state index contributed by atoms with van der Waals surface area (Å²) < 4.78 is 0. The normalized spacial score (nSPS) is 9.92. The minimum Gasteiger partial charge on any atom is -0.214 e. The summed E-state index contributed by atoms with van der Waals surface area (Å²) in [4.78, 5) is 0. The summed E-state index contributed by atoms with van der Waals surface area (Å²) in [6.45, 7) is 13.9. The second-order valence-electron chi connectivity index (χ2n) is 5.95. The second kappa shape index (κ2) is 12.5. The van der Waals surface area contributed by atoms with Gasteiger partial charge in [-0.05, 0) is 71.9 Å². The van der Waals surface area contributed by atoms with Crippen LogP contribution in [0.15, 0.2) is 30.3 Å². The van der Waals surface area contributed by atoms with Crippen LogP contribution in [0.1, 0.15) is 74.9 Å². The van der Waals surface area contributed by atoms with Gasteiger partial charge in [0, 0.05) is 17.4 Å². The maximum Gasteiger partial charge on any atom is 0 e. The van der Waals surface area contributed by atoms with Crippen molar-refractivity contribution in [2.75, 3.05) is 0 Å². The summed E-state index contributed by atoms with van der Waals surface area (Å²) >= 11 is 0. The Labute approximate surface area is 161 Å². The van der Waals surface area contributed by atoms with E-state index in [1.807, 2.05) is 30.3 Å². The Bertz CT molecular complexity index is 426. The number of rotatable bonds is 6. The van der Waals surface area contributed by atoms with E-state index in [0.717, 1.165) is 0 Å². The Hall–Kier alpha value is -0.898. The largest absolute Gasteiger partial charge is 0.214 e. The molecule has 1 heteroatoms. The summed E-state index contributed by atoms with van der Waals surface area (Å²) in [7, 11) is 0. The first kappa shape index (κ1) is 23.1. The molecule has 0 unspecified atom stereocenters. The van der Waals surface area contributed by atoms with E-state index in [-0.39, 0.29) is 17.4 Å². The molecule has 0 bridgehead atoms. The van der Waals surface area contributed by atoms with Crippen molar-refractivity contribution in [3.63, 3.8) is 0 Å². The van der Waals surface area contributed by atoms with Crippen molar-refractivity contribution < 1.29 is 17.4 Å². The summed E-state index contributed by atoms with van der Waals surface area (Å²) in [5.74, 6) is 0. The zero-order valence-electron chi connectivity index (χ0n) is 16.5. The van der Waals surface area contributed by atoms with Gasteiger partial charge < -0.3 is 0 Å². The van der Waals surface area contributed by atoms with Crippen molar-refractivity contribution in [1.29, 1.82) is 0 Å². The van der Waals surface area contributed by atoms with Crippen LogP contribution in [0.4, 0.5) is 0 Å². The topological polar surface area (TPSA) is 0 Å². The SMILES string of the molecule is CCc1c(CC)c(CC)c(CC)c(CC)c1CC.[Cr].c1cc[cH-]c1. The molecule has 0 saturated carbocycles. The van der Waals surface area contributed by atoms with E-state index in [1.165, 1.54) is 38.5 Å². The Kier molecular flexibility index (Phi) is 12.0. The van der Waals surface area contributed by atoms with E-state index in [2.05, 4.69) is 41.5 Å². The number of benzene rings is 1. The molecule has 0 atom stereocenters. The van der Waals surface area contributed by atoms with Gasteiger partial charge >= 0.3 is 0 Å². The predicted molar refractivity (Wildman–Crippen MR) is 105 cm³/mol. The molecule has 0 saturated heterocycles. The molecular formula is C23H35Cr-. The van der Waals surface area contributed by atoms with Crippen molar-refractivity contribution in [3.05, 3.63) is 63.7 Å². The Morgan fingerprint density at radius 3 is 0.792 bits per heavy atom. The van der Waals surface area contributed by atoms with Crippen LogP contribution in [0.5, 0.6) is 0 Å². The molecule has 0 aliphatic carbocycles. The maximum atomic E-state index is 2.32. The predicted octanol–water partition coefficient (Wildman–Crippen LogP) is 6.46. The molecule has 24 heavy (non-hydrogen) atoms. The van der Waals surface area contributed by atoms with Gasteiger partial charge in [-0.2, -0.15) is 18.2 Å². The number of hydrogen-bond acceptors (Lipinski definition) is 0. The first-order valence-electron chi connectivity index (χ1n) is 9.53. The summed E-state index contributed by atoms with van der Waals surface area (Å²) in [6.07, 6.45) is 7.14. The molecule has 0 nitrogen and oxygen atoms in total. The molecule has 0 amide bonds. The molecule has 0 fully saturated rings. The molecule has 0 aliphatic heterocycles. The fourth-order valence-electron chi connectivity index (χ4n) is 3.97. The quantitative estimate of drug-likeness (QED) is 0.516. The average molecular weight is 364 g/mol. The van der Waals surface area contributed by atoms with Gasteiger partial charge in [0.05, 0.1) is 0 Å². The van der Waals surface area contributed by atoms with Crippen LogP contribution < -0.4 is 0 Å². The van der Waals surface area contributed by atoms with Gasteiger partial charge in [-0.1, -0.05) is 41.5 Å². The van der Waals surface area contributed by atoms with Crippen molar-refractivity contribution in [3.8, 4) is 0 Å². The van der Waals surface area contributed by atoms with Crippen molar-refractivity contribution in [2.45, 2.75) is 80.1 Å². The van der Waals surface area contributed by atoms with Crippen LogP contribution >= 0.6 is 0 Å². The monoisotopic (exact) mass is 363 g/mol. The van der Waals surface area contributed by atoms with Crippen LogP contribution in [0.3, 0.4) is 0 Å². The number of hydrogen-bond donors (Lipinski definition) is 0. The molecule has 134 valence electrons. The fraction of sp³-hybridized carbons (Fsp3) is 0.522. The maximum absolute atomic E-state index is 2.32. The van der Waals surface area contributed by atoms with Gasteiger partial charge in [0.15, 0.2) is 0 Å². The summed E-state index contributed by atoms with van der Waals surface area (Å²) in [5.41, 5.74) is 9.95. The van der Waals surface area contributed by atoms with Gasteiger partial charge in [0.2, 0.25) is 0 Å². The van der Waals surface area contributed by atoms with Gasteiger partial charge in [0.25, 0.3) is 0 Å². The molecular weight excluding hydrogens is 328 g/mol. The second-order valence-corrected chi connectivity index (χ2v) is 5.95. The van der Waals surface area contributed by atoms with Crippen molar-refractivity contribution >= 4 is 0 Å². The van der Waals surface area contributed by atoms with E-state index < -0.39 is 0 Å². The molecule has 2 aromatic rings. The fourth-order valence-corrected chi connectivity index (χ4v) is 3.97.